The van der Waals surface area contributed by atoms with Gasteiger partial charge in [-0.3, -0.25) is 0 Å². The number of hydrogen-bond acceptors (Lipinski definition) is 0. The van der Waals surface area contributed by atoms with Crippen LogP contribution in [-0.4, -0.2) is 0 Å². The topological polar surface area (TPSA) is 0 Å². The Balaban J connectivity index is 0.000000324. The van der Waals surface area contributed by atoms with Crippen LogP contribution in [0.25, 0.3) is 0 Å². The molecule has 19 heavy (non-hydrogen) atoms. The monoisotopic (exact) mass is 446 g/mol. The molecule has 0 nitrogen and oxygen atoms in total. The van der Waals surface area contributed by atoms with E-state index in [0.29, 0.717) is 0 Å². The molecule has 0 fully saturated rings. The molecule has 2 aromatic carbocycles. The van der Waals surface area contributed by atoms with Gasteiger partial charge in [-0.05, 0) is 0 Å². The Bertz CT molecular complexity index is 391. The Morgan fingerprint density at radius 2 is 0.737 bits per heavy atom. The van der Waals surface area contributed by atoms with Crippen LogP contribution < -0.4 is 0 Å². The standard InChI is InChI=1S/2C6H4F3.Hf/c2*7-6(8,9)5-3-1-2-4-5;/h2*1-4H;/q2*-1;. The molecule has 2 rings (SSSR count). The van der Waals surface area contributed by atoms with E-state index in [2.05, 4.69) is 0 Å². The van der Waals surface area contributed by atoms with Gasteiger partial charge < -0.3 is 0 Å². The third-order valence-electron chi connectivity index (χ3n) is 1.98. The molecule has 0 radical (unpaired) electrons. The summed E-state index contributed by atoms with van der Waals surface area (Å²) >= 11 is 0. The molecule has 0 saturated heterocycles. The minimum atomic E-state index is -4.18. The molecule has 0 bridgehead atoms. The summed E-state index contributed by atoms with van der Waals surface area (Å²) in [5.41, 5.74) is -1.16. The third kappa shape index (κ3) is 6.22. The van der Waals surface area contributed by atoms with Crippen LogP contribution in [0.2, 0.25) is 0 Å². The van der Waals surface area contributed by atoms with Crippen molar-refractivity contribution in [2.45, 2.75) is 12.4 Å². The number of alkyl halides is 6. The van der Waals surface area contributed by atoms with Gasteiger partial charge in [-0.15, -0.1) is 0 Å². The first-order chi connectivity index (χ1) is 8.21. The number of hydrogen-bond donors (Lipinski definition) is 0. The summed E-state index contributed by atoms with van der Waals surface area (Å²) in [6.07, 6.45) is -8.35. The van der Waals surface area contributed by atoms with Crippen LogP contribution in [0.15, 0.2) is 48.5 Å². The van der Waals surface area contributed by atoms with Crippen molar-refractivity contribution in [3.05, 3.63) is 59.7 Å². The molecule has 0 heterocycles. The van der Waals surface area contributed by atoms with Crippen LogP contribution in [0.5, 0.6) is 0 Å². The van der Waals surface area contributed by atoms with Crippen molar-refractivity contribution < 1.29 is 52.2 Å². The minimum Gasteiger partial charge on any atom is -0.213 e. The summed E-state index contributed by atoms with van der Waals surface area (Å²) in [6.45, 7) is 0. The first-order valence-corrected chi connectivity index (χ1v) is 4.79. The maximum atomic E-state index is 11.6. The fourth-order valence-electron chi connectivity index (χ4n) is 1.13. The van der Waals surface area contributed by atoms with E-state index < -0.39 is 23.5 Å². The Morgan fingerprint density at radius 1 is 0.526 bits per heavy atom. The maximum absolute atomic E-state index is 11.6. The zero-order valence-corrected chi connectivity index (χ0v) is 13.0. The molecule has 7 heteroatoms. The van der Waals surface area contributed by atoms with E-state index in [9.17, 15) is 26.3 Å². The molecule has 0 aliphatic carbocycles. The van der Waals surface area contributed by atoms with Crippen molar-refractivity contribution in [1.29, 1.82) is 0 Å². The zero-order chi connectivity index (χ0) is 13.8. The van der Waals surface area contributed by atoms with Crippen molar-refractivity contribution in [1.82, 2.24) is 0 Å². The fraction of sp³-hybridized carbons (Fsp3) is 0.167. The molecule has 0 aliphatic heterocycles. The van der Waals surface area contributed by atoms with Gasteiger partial charge in [-0.2, -0.15) is 50.6 Å². The van der Waals surface area contributed by atoms with Gasteiger partial charge in [0.15, 0.2) is 0 Å². The largest absolute Gasteiger partial charge is 0.370 e. The number of halogens is 6. The molecule has 0 unspecified atom stereocenters. The van der Waals surface area contributed by atoms with Gasteiger partial charge in [0.1, 0.15) is 0 Å². The molecule has 2 aromatic rings. The van der Waals surface area contributed by atoms with Crippen LogP contribution in [0, 0.1) is 0 Å². The number of rotatable bonds is 0. The Hall–Kier alpha value is -0.850. The summed E-state index contributed by atoms with van der Waals surface area (Å²) in [4.78, 5) is 0. The molecule has 0 aromatic heterocycles. The molecule has 104 valence electrons. The second-order valence-electron chi connectivity index (χ2n) is 3.34. The molecular weight excluding hydrogens is 437 g/mol. The van der Waals surface area contributed by atoms with Gasteiger partial charge in [0.05, 0.1) is 0 Å². The second-order valence-corrected chi connectivity index (χ2v) is 3.34. The maximum Gasteiger partial charge on any atom is 0.370 e. The first-order valence-electron chi connectivity index (χ1n) is 4.79. The quantitative estimate of drug-likeness (QED) is 0.310. The van der Waals surface area contributed by atoms with Crippen LogP contribution in [0.1, 0.15) is 11.1 Å². The van der Waals surface area contributed by atoms with Crippen molar-refractivity contribution in [3.8, 4) is 0 Å². The van der Waals surface area contributed by atoms with E-state index in [1.807, 2.05) is 0 Å². The van der Waals surface area contributed by atoms with Gasteiger partial charge in [-0.1, -0.05) is 11.1 Å². The molecule has 0 N–H and O–H groups in total. The van der Waals surface area contributed by atoms with E-state index in [-0.39, 0.29) is 25.8 Å². The molecule has 0 saturated carbocycles. The Morgan fingerprint density at radius 3 is 0.842 bits per heavy atom. The SMILES string of the molecule is FC(F)(F)[c-]1cccc1.FC(F)(F)[c-]1cccc1.[Hf]. The van der Waals surface area contributed by atoms with Gasteiger partial charge in [0, 0.05) is 25.8 Å². The van der Waals surface area contributed by atoms with Crippen LogP contribution in [0.3, 0.4) is 0 Å². The summed E-state index contributed by atoms with van der Waals surface area (Å²) in [6, 6.07) is 9.62. The minimum absolute atomic E-state index is 0. The smallest absolute Gasteiger partial charge is 0.213 e. The molecular formula is C12H8F6Hf-2. The predicted octanol–water partition coefficient (Wildman–Crippen LogP) is 4.85. The fourth-order valence-corrected chi connectivity index (χ4v) is 1.13. The third-order valence-corrected chi connectivity index (χ3v) is 1.98. The molecule has 0 amide bonds. The van der Waals surface area contributed by atoms with E-state index in [0.717, 1.165) is 24.3 Å². The van der Waals surface area contributed by atoms with Gasteiger partial charge in [-0.25, -0.2) is 24.3 Å². The van der Waals surface area contributed by atoms with Crippen molar-refractivity contribution in [2.24, 2.45) is 0 Å². The normalized spacial score (nSPS) is 11.3. The summed E-state index contributed by atoms with van der Waals surface area (Å²) in [7, 11) is 0. The average molecular weight is 445 g/mol. The predicted molar refractivity (Wildman–Crippen MR) is 54.1 cm³/mol. The van der Waals surface area contributed by atoms with Crippen LogP contribution >= 0.6 is 0 Å². The van der Waals surface area contributed by atoms with E-state index in [4.69, 9.17) is 0 Å². The second kappa shape index (κ2) is 7.07. The van der Waals surface area contributed by atoms with Gasteiger partial charge >= 0.3 is 12.4 Å². The van der Waals surface area contributed by atoms with E-state index >= 15 is 0 Å². The average Bonchev–Trinajstić information content (AvgIpc) is 2.91. The first kappa shape index (κ1) is 18.2. The summed E-state index contributed by atoms with van der Waals surface area (Å²) in [5, 5.41) is 0. The van der Waals surface area contributed by atoms with Crippen molar-refractivity contribution in [3.63, 3.8) is 0 Å². The van der Waals surface area contributed by atoms with Crippen molar-refractivity contribution in [2.75, 3.05) is 0 Å². The van der Waals surface area contributed by atoms with Gasteiger partial charge in [0.2, 0.25) is 0 Å². The summed E-state index contributed by atoms with van der Waals surface area (Å²) in [5.74, 6) is 0. The molecule has 0 aliphatic rings. The van der Waals surface area contributed by atoms with E-state index in [1.54, 1.807) is 0 Å². The zero-order valence-electron chi connectivity index (χ0n) is 9.39. The summed E-state index contributed by atoms with van der Waals surface area (Å²) < 4.78 is 69.7. The van der Waals surface area contributed by atoms with Gasteiger partial charge in [0.25, 0.3) is 0 Å². The molecule has 0 atom stereocenters. The Kier molecular flexibility index (Phi) is 6.76. The van der Waals surface area contributed by atoms with Crippen molar-refractivity contribution >= 4 is 0 Å². The van der Waals surface area contributed by atoms with E-state index in [1.165, 1.54) is 24.3 Å². The Labute approximate surface area is 124 Å². The molecule has 0 spiro atoms. The van der Waals surface area contributed by atoms with Crippen LogP contribution in [0.4, 0.5) is 26.3 Å². The van der Waals surface area contributed by atoms with Crippen LogP contribution in [-0.2, 0) is 38.2 Å².